The minimum Gasteiger partial charge on any atom is -0.322 e. The normalized spacial score (nSPS) is 14.8. The topological polar surface area (TPSA) is 75.3 Å². The predicted molar refractivity (Wildman–Crippen MR) is 82.0 cm³/mol. The number of carbonyl (C=O) groups excluding carboxylic acids is 1. The zero-order chi connectivity index (χ0) is 15.7. The van der Waals surface area contributed by atoms with Gasteiger partial charge in [0.25, 0.3) is 5.91 Å². The SMILES string of the molecule is O=C(Nc1ccc(F)c(S(=O)(=O)NC2CC2)c1)c1ccsc1. The Labute approximate surface area is 131 Å². The van der Waals surface area contributed by atoms with Crippen molar-refractivity contribution in [2.45, 2.75) is 23.8 Å². The van der Waals surface area contributed by atoms with Gasteiger partial charge in [-0.25, -0.2) is 17.5 Å². The van der Waals surface area contributed by atoms with Crippen molar-refractivity contribution in [3.8, 4) is 0 Å². The van der Waals surface area contributed by atoms with E-state index in [0.717, 1.165) is 25.0 Å². The molecule has 1 heterocycles. The fourth-order valence-corrected chi connectivity index (χ4v) is 3.91. The fourth-order valence-electron chi connectivity index (χ4n) is 1.87. The molecule has 0 unspecified atom stereocenters. The van der Waals surface area contributed by atoms with Crippen LogP contribution >= 0.6 is 11.3 Å². The van der Waals surface area contributed by atoms with Crippen LogP contribution in [0, 0.1) is 5.82 Å². The van der Waals surface area contributed by atoms with Gasteiger partial charge >= 0.3 is 0 Å². The first-order valence-electron chi connectivity index (χ1n) is 6.61. The van der Waals surface area contributed by atoms with Crippen molar-refractivity contribution in [1.82, 2.24) is 4.72 Å². The van der Waals surface area contributed by atoms with Crippen LogP contribution in [0.15, 0.2) is 39.9 Å². The lowest BCUT2D eigenvalue weighted by Gasteiger charge is -2.09. The Morgan fingerprint density at radius 2 is 2.05 bits per heavy atom. The van der Waals surface area contributed by atoms with Gasteiger partial charge in [0, 0.05) is 17.1 Å². The number of hydrogen-bond donors (Lipinski definition) is 2. The molecule has 1 aliphatic carbocycles. The van der Waals surface area contributed by atoms with Crippen molar-refractivity contribution in [1.29, 1.82) is 0 Å². The maximum atomic E-state index is 13.8. The fraction of sp³-hybridized carbons (Fsp3) is 0.214. The molecule has 1 saturated carbocycles. The number of nitrogens with one attached hydrogen (secondary N) is 2. The third kappa shape index (κ3) is 3.34. The lowest BCUT2D eigenvalue weighted by atomic mass is 10.2. The highest BCUT2D eigenvalue weighted by molar-refractivity contribution is 7.89. The minimum atomic E-state index is -3.91. The molecule has 0 radical (unpaired) electrons. The third-order valence-electron chi connectivity index (χ3n) is 3.16. The first-order chi connectivity index (χ1) is 10.5. The Morgan fingerprint density at radius 1 is 1.27 bits per heavy atom. The van der Waals surface area contributed by atoms with Crippen molar-refractivity contribution in [2.24, 2.45) is 0 Å². The molecular formula is C14H13FN2O3S2. The van der Waals surface area contributed by atoms with Crippen LogP contribution in [0.3, 0.4) is 0 Å². The first-order valence-corrected chi connectivity index (χ1v) is 9.04. The summed E-state index contributed by atoms with van der Waals surface area (Å²) in [6.45, 7) is 0. The summed E-state index contributed by atoms with van der Waals surface area (Å²) in [5, 5.41) is 5.99. The van der Waals surface area contributed by atoms with Gasteiger partial charge in [-0.2, -0.15) is 11.3 Å². The van der Waals surface area contributed by atoms with E-state index in [1.165, 1.54) is 17.4 Å². The van der Waals surface area contributed by atoms with Crippen LogP contribution < -0.4 is 10.0 Å². The Kier molecular flexibility index (Phi) is 3.98. The van der Waals surface area contributed by atoms with E-state index in [-0.39, 0.29) is 17.6 Å². The molecule has 1 fully saturated rings. The summed E-state index contributed by atoms with van der Waals surface area (Å²) < 4.78 is 40.4. The van der Waals surface area contributed by atoms with E-state index in [1.807, 2.05) is 0 Å². The summed E-state index contributed by atoms with van der Waals surface area (Å²) in [4.78, 5) is 11.5. The van der Waals surface area contributed by atoms with Crippen LogP contribution in [0.5, 0.6) is 0 Å². The number of halogens is 1. The highest BCUT2D eigenvalue weighted by Crippen LogP contribution is 2.25. The molecule has 1 aliphatic rings. The van der Waals surface area contributed by atoms with Gasteiger partial charge < -0.3 is 5.32 Å². The molecule has 1 aromatic carbocycles. The van der Waals surface area contributed by atoms with Crippen molar-refractivity contribution in [3.63, 3.8) is 0 Å². The average molecular weight is 340 g/mol. The van der Waals surface area contributed by atoms with E-state index in [1.54, 1.807) is 16.8 Å². The second-order valence-corrected chi connectivity index (χ2v) is 7.47. The molecule has 116 valence electrons. The van der Waals surface area contributed by atoms with E-state index in [0.29, 0.717) is 5.56 Å². The molecule has 1 amide bonds. The van der Waals surface area contributed by atoms with E-state index in [9.17, 15) is 17.6 Å². The molecule has 0 atom stereocenters. The molecule has 0 aliphatic heterocycles. The number of hydrogen-bond acceptors (Lipinski definition) is 4. The van der Waals surface area contributed by atoms with Crippen LogP contribution in [0.25, 0.3) is 0 Å². The molecule has 2 aromatic rings. The predicted octanol–water partition coefficient (Wildman–Crippen LogP) is 2.58. The van der Waals surface area contributed by atoms with Crippen LogP contribution in [0.2, 0.25) is 0 Å². The molecule has 22 heavy (non-hydrogen) atoms. The molecule has 8 heteroatoms. The summed E-state index contributed by atoms with van der Waals surface area (Å²) in [7, 11) is -3.91. The number of thiophene rings is 1. The van der Waals surface area contributed by atoms with Gasteiger partial charge in [0.05, 0.1) is 5.56 Å². The zero-order valence-electron chi connectivity index (χ0n) is 11.4. The third-order valence-corrected chi connectivity index (χ3v) is 5.38. The minimum absolute atomic E-state index is 0.117. The quantitative estimate of drug-likeness (QED) is 0.878. The van der Waals surface area contributed by atoms with Gasteiger partial charge in [0.15, 0.2) is 0 Å². The second kappa shape index (κ2) is 5.79. The standard InChI is InChI=1S/C14H13FN2O3S2/c15-12-4-3-11(16-14(18)9-5-6-21-8-9)7-13(12)22(19,20)17-10-1-2-10/h3-8,10,17H,1-2H2,(H,16,18). The molecule has 0 bridgehead atoms. The Morgan fingerprint density at radius 3 is 2.68 bits per heavy atom. The average Bonchev–Trinajstić information content (AvgIpc) is 3.09. The number of amides is 1. The van der Waals surface area contributed by atoms with Gasteiger partial charge in [-0.05, 0) is 42.5 Å². The smallest absolute Gasteiger partial charge is 0.256 e. The van der Waals surface area contributed by atoms with E-state index < -0.39 is 20.7 Å². The van der Waals surface area contributed by atoms with E-state index in [4.69, 9.17) is 0 Å². The summed E-state index contributed by atoms with van der Waals surface area (Å²) in [6, 6.07) is 5.02. The number of anilines is 1. The monoisotopic (exact) mass is 340 g/mol. The van der Waals surface area contributed by atoms with Crippen molar-refractivity contribution in [2.75, 3.05) is 5.32 Å². The van der Waals surface area contributed by atoms with Gasteiger partial charge in [-0.15, -0.1) is 0 Å². The number of rotatable bonds is 5. The molecule has 1 aromatic heterocycles. The highest BCUT2D eigenvalue weighted by atomic mass is 32.2. The van der Waals surface area contributed by atoms with Gasteiger partial charge in [-0.3, -0.25) is 4.79 Å². The van der Waals surface area contributed by atoms with Crippen molar-refractivity contribution >= 4 is 33.0 Å². The zero-order valence-corrected chi connectivity index (χ0v) is 13.0. The number of carbonyl (C=O) groups is 1. The summed E-state index contributed by atoms with van der Waals surface area (Å²) >= 11 is 1.38. The van der Waals surface area contributed by atoms with Gasteiger partial charge in [0.1, 0.15) is 10.7 Å². The number of benzene rings is 1. The molecular weight excluding hydrogens is 327 g/mol. The molecule has 0 saturated heterocycles. The molecule has 3 rings (SSSR count). The van der Waals surface area contributed by atoms with E-state index in [2.05, 4.69) is 10.0 Å². The lowest BCUT2D eigenvalue weighted by molar-refractivity contribution is 0.102. The van der Waals surface area contributed by atoms with Gasteiger partial charge in [-0.1, -0.05) is 0 Å². The Balaban J connectivity index is 1.84. The molecule has 2 N–H and O–H groups in total. The summed E-state index contributed by atoms with van der Waals surface area (Å²) in [5.74, 6) is -1.21. The molecule has 0 spiro atoms. The summed E-state index contributed by atoms with van der Waals surface area (Å²) in [6.07, 6.45) is 1.52. The van der Waals surface area contributed by atoms with Crippen molar-refractivity contribution < 1.29 is 17.6 Å². The second-order valence-electron chi connectivity index (χ2n) is 5.01. The Hall–Kier alpha value is -1.77. The van der Waals surface area contributed by atoms with Crippen molar-refractivity contribution in [3.05, 3.63) is 46.4 Å². The van der Waals surface area contributed by atoms with Crippen LogP contribution in [0.4, 0.5) is 10.1 Å². The molecule has 5 nitrogen and oxygen atoms in total. The first kappa shape index (κ1) is 15.1. The highest BCUT2D eigenvalue weighted by Gasteiger charge is 2.29. The number of sulfonamides is 1. The largest absolute Gasteiger partial charge is 0.322 e. The maximum Gasteiger partial charge on any atom is 0.256 e. The van der Waals surface area contributed by atoms with Crippen LogP contribution in [-0.2, 0) is 10.0 Å². The van der Waals surface area contributed by atoms with Gasteiger partial charge in [0.2, 0.25) is 10.0 Å². The van der Waals surface area contributed by atoms with Crippen LogP contribution in [-0.4, -0.2) is 20.4 Å². The van der Waals surface area contributed by atoms with E-state index >= 15 is 0 Å². The lowest BCUT2D eigenvalue weighted by Crippen LogP contribution is -2.26. The maximum absolute atomic E-state index is 13.8. The Bertz CT molecular complexity index is 800. The summed E-state index contributed by atoms with van der Waals surface area (Å²) in [5.41, 5.74) is 0.698. The van der Waals surface area contributed by atoms with Crippen LogP contribution in [0.1, 0.15) is 23.2 Å².